The quantitative estimate of drug-likeness (QED) is 0.138. The molecule has 0 radical (unpaired) electrons. The summed E-state index contributed by atoms with van der Waals surface area (Å²) in [6, 6.07) is 91.0. The van der Waals surface area contributed by atoms with Gasteiger partial charge in [0, 0.05) is 37.1 Å². The minimum atomic E-state index is 1.08. The van der Waals surface area contributed by atoms with E-state index in [0.29, 0.717) is 0 Å². The van der Waals surface area contributed by atoms with E-state index in [1.54, 1.807) is 0 Å². The molecule has 0 aliphatic heterocycles. The van der Waals surface area contributed by atoms with E-state index in [1.807, 2.05) is 11.3 Å². The Morgan fingerprint density at radius 1 is 0.281 bits per heavy atom. The van der Waals surface area contributed by atoms with Crippen LogP contribution in [0.1, 0.15) is 0 Å². The molecule has 0 aliphatic carbocycles. The zero-order valence-electron chi connectivity index (χ0n) is 35.0. The van der Waals surface area contributed by atoms with Crippen molar-refractivity contribution in [3.8, 4) is 55.6 Å². The van der Waals surface area contributed by atoms with Crippen LogP contribution in [0.25, 0.3) is 97.4 Å². The largest absolute Gasteiger partial charge is 0.310 e. The van der Waals surface area contributed by atoms with Crippen molar-refractivity contribution in [3.63, 3.8) is 0 Å². The van der Waals surface area contributed by atoms with Crippen LogP contribution >= 0.6 is 11.3 Å². The predicted octanol–water partition coefficient (Wildman–Crippen LogP) is 18.2. The number of anilines is 3. The van der Waals surface area contributed by atoms with E-state index in [9.17, 15) is 0 Å². The molecule has 1 aromatic heterocycles. The second kappa shape index (κ2) is 16.0. The molecule has 0 atom stereocenters. The Bertz CT molecular complexity index is 3640. The van der Waals surface area contributed by atoms with Crippen molar-refractivity contribution in [3.05, 3.63) is 249 Å². The summed E-state index contributed by atoms with van der Waals surface area (Å²) >= 11 is 1.86. The van der Waals surface area contributed by atoms with Crippen molar-refractivity contribution in [1.82, 2.24) is 0 Å². The number of hydrogen-bond donors (Lipinski definition) is 0. The van der Waals surface area contributed by atoms with Crippen molar-refractivity contribution in [2.75, 3.05) is 4.90 Å². The van der Waals surface area contributed by atoms with Gasteiger partial charge in [-0.15, -0.1) is 11.3 Å². The van der Waals surface area contributed by atoms with Gasteiger partial charge < -0.3 is 4.90 Å². The molecule has 300 valence electrons. The number of thiophene rings is 1. The van der Waals surface area contributed by atoms with Crippen LogP contribution in [0.2, 0.25) is 0 Å². The molecule has 12 aromatic rings. The highest BCUT2D eigenvalue weighted by molar-refractivity contribution is 7.25. The van der Waals surface area contributed by atoms with Gasteiger partial charge in [-0.1, -0.05) is 200 Å². The van der Waals surface area contributed by atoms with Gasteiger partial charge in [-0.05, 0) is 120 Å². The summed E-state index contributed by atoms with van der Waals surface area (Å²) in [6.07, 6.45) is 0. The number of rotatable bonds is 8. The van der Waals surface area contributed by atoms with Crippen LogP contribution in [0.15, 0.2) is 249 Å². The van der Waals surface area contributed by atoms with Crippen molar-refractivity contribution < 1.29 is 0 Å². The molecule has 0 N–H and O–H groups in total. The van der Waals surface area contributed by atoms with Gasteiger partial charge in [-0.2, -0.15) is 0 Å². The predicted molar refractivity (Wildman–Crippen MR) is 276 cm³/mol. The summed E-state index contributed by atoms with van der Waals surface area (Å²) in [5.41, 5.74) is 15.2. The van der Waals surface area contributed by atoms with Crippen molar-refractivity contribution >= 4 is 70.1 Å². The lowest BCUT2D eigenvalue weighted by atomic mass is 9.87. The first-order chi connectivity index (χ1) is 31.7. The molecule has 2 heteroatoms. The summed E-state index contributed by atoms with van der Waals surface area (Å²) in [6.45, 7) is 0. The molecule has 0 fully saturated rings. The van der Waals surface area contributed by atoms with E-state index in [-0.39, 0.29) is 0 Å². The third kappa shape index (κ3) is 6.64. The number of hydrogen-bond acceptors (Lipinski definition) is 2. The third-order valence-electron chi connectivity index (χ3n) is 12.7. The number of fused-ring (bicyclic) bond motifs is 6. The SMILES string of the molecule is c1ccc(-c2ccccc2-c2c(-c3ccccc3)cccc2N(c2ccc(-c3ccc4c(ccc5ccccc54)c3)cc2)c2ccc(-c3cccc4sc5ccccc5c34)cc2)cc1. The Morgan fingerprint density at radius 2 is 0.797 bits per heavy atom. The fraction of sp³-hybridized carbons (Fsp3) is 0. The van der Waals surface area contributed by atoms with Gasteiger partial charge in [0.05, 0.1) is 5.69 Å². The first-order valence-corrected chi connectivity index (χ1v) is 22.7. The first-order valence-electron chi connectivity index (χ1n) is 21.9. The highest BCUT2D eigenvalue weighted by Gasteiger charge is 2.23. The zero-order chi connectivity index (χ0) is 42.4. The molecular formula is C62H41NS. The molecule has 0 bridgehead atoms. The molecule has 0 unspecified atom stereocenters. The van der Waals surface area contributed by atoms with Gasteiger partial charge in [0.1, 0.15) is 0 Å². The Labute approximate surface area is 377 Å². The molecule has 1 heterocycles. The van der Waals surface area contributed by atoms with Gasteiger partial charge in [0.25, 0.3) is 0 Å². The van der Waals surface area contributed by atoms with Gasteiger partial charge in [0.15, 0.2) is 0 Å². The monoisotopic (exact) mass is 831 g/mol. The molecule has 0 aliphatic rings. The van der Waals surface area contributed by atoms with Gasteiger partial charge >= 0.3 is 0 Å². The van der Waals surface area contributed by atoms with E-state index in [4.69, 9.17) is 0 Å². The Balaban J connectivity index is 1.05. The van der Waals surface area contributed by atoms with E-state index in [1.165, 1.54) is 97.4 Å². The molecule has 0 saturated heterocycles. The Hall–Kier alpha value is -8.04. The van der Waals surface area contributed by atoms with Crippen LogP contribution in [0.4, 0.5) is 17.1 Å². The van der Waals surface area contributed by atoms with Gasteiger partial charge in [0.2, 0.25) is 0 Å². The fourth-order valence-electron chi connectivity index (χ4n) is 9.67. The van der Waals surface area contributed by atoms with Crippen molar-refractivity contribution in [2.24, 2.45) is 0 Å². The molecule has 0 saturated carbocycles. The second-order valence-electron chi connectivity index (χ2n) is 16.4. The molecule has 0 amide bonds. The third-order valence-corrected chi connectivity index (χ3v) is 13.8. The summed E-state index contributed by atoms with van der Waals surface area (Å²) in [5.74, 6) is 0. The Morgan fingerprint density at radius 3 is 1.56 bits per heavy atom. The van der Waals surface area contributed by atoms with E-state index in [0.717, 1.165) is 17.1 Å². The average molecular weight is 832 g/mol. The minimum Gasteiger partial charge on any atom is -0.310 e. The smallest absolute Gasteiger partial charge is 0.0546 e. The Kier molecular flexibility index (Phi) is 9.43. The number of benzene rings is 11. The second-order valence-corrected chi connectivity index (χ2v) is 17.5. The van der Waals surface area contributed by atoms with Crippen molar-refractivity contribution in [2.45, 2.75) is 0 Å². The number of nitrogens with zero attached hydrogens (tertiary/aromatic N) is 1. The van der Waals surface area contributed by atoms with Crippen LogP contribution in [-0.2, 0) is 0 Å². The van der Waals surface area contributed by atoms with Crippen LogP contribution < -0.4 is 4.90 Å². The summed E-state index contributed by atoms with van der Waals surface area (Å²) < 4.78 is 2.62. The van der Waals surface area contributed by atoms with E-state index >= 15 is 0 Å². The maximum Gasteiger partial charge on any atom is 0.0546 e. The summed E-state index contributed by atoms with van der Waals surface area (Å²) in [7, 11) is 0. The molecular weight excluding hydrogens is 791 g/mol. The molecule has 11 aromatic carbocycles. The highest BCUT2D eigenvalue weighted by Crippen LogP contribution is 2.49. The maximum absolute atomic E-state index is 2.45. The fourth-order valence-corrected chi connectivity index (χ4v) is 10.8. The van der Waals surface area contributed by atoms with E-state index < -0.39 is 0 Å². The molecule has 12 rings (SSSR count). The minimum absolute atomic E-state index is 1.08. The first kappa shape index (κ1) is 37.7. The average Bonchev–Trinajstić information content (AvgIpc) is 3.76. The van der Waals surface area contributed by atoms with Gasteiger partial charge in [-0.3, -0.25) is 0 Å². The van der Waals surface area contributed by atoms with Crippen LogP contribution in [-0.4, -0.2) is 0 Å². The maximum atomic E-state index is 2.45. The zero-order valence-corrected chi connectivity index (χ0v) is 35.8. The summed E-state index contributed by atoms with van der Waals surface area (Å²) in [4.78, 5) is 2.45. The van der Waals surface area contributed by atoms with Crippen LogP contribution in [0.3, 0.4) is 0 Å². The topological polar surface area (TPSA) is 3.24 Å². The lowest BCUT2D eigenvalue weighted by Gasteiger charge is -2.30. The molecule has 64 heavy (non-hydrogen) atoms. The van der Waals surface area contributed by atoms with Gasteiger partial charge in [-0.25, -0.2) is 0 Å². The highest BCUT2D eigenvalue weighted by atomic mass is 32.1. The summed E-state index contributed by atoms with van der Waals surface area (Å²) in [5, 5.41) is 7.69. The lowest BCUT2D eigenvalue weighted by Crippen LogP contribution is -2.12. The lowest BCUT2D eigenvalue weighted by molar-refractivity contribution is 1.28. The molecule has 1 nitrogen and oxygen atoms in total. The van der Waals surface area contributed by atoms with Crippen LogP contribution in [0.5, 0.6) is 0 Å². The van der Waals surface area contributed by atoms with Crippen LogP contribution in [0, 0.1) is 0 Å². The standard InChI is InChI=1S/C62H41NS/c1-3-15-43(16-4-1)52-21-9-10-22-56(52)61-54(44-17-5-2-6-18-44)24-13-26-58(61)63(50-38-33-46(34-39-50)55-25-14-28-60-62(55)57-23-11-12-27-59(57)64-60)49-36-31-42(32-37-49)47-35-40-53-48(41-47)30-29-45-19-7-8-20-51(45)53/h1-41H. The van der Waals surface area contributed by atoms with Crippen molar-refractivity contribution in [1.29, 1.82) is 0 Å². The van der Waals surface area contributed by atoms with E-state index in [2.05, 4.69) is 254 Å². The molecule has 0 spiro atoms. The normalized spacial score (nSPS) is 11.4.